The number of rotatable bonds is 13. The van der Waals surface area contributed by atoms with Crippen LogP contribution in [-0.4, -0.2) is 30.3 Å². The Labute approximate surface area is 380 Å². The second kappa shape index (κ2) is 19.0. The maximum Gasteiger partial charge on any atom is 0.295 e. The lowest BCUT2D eigenvalue weighted by Crippen LogP contribution is -1.98. The SMILES string of the molecule is COc1cc(N=Nc2cc(C)c(N=Nc3cc(C)c(N=Nc4ccc5cccc(S(=O)(=O)O)c5c4)cc3C)cc2C)c(CO)cc1N=Nc1ccc2cc(Nc3ccccc3)ccc2c1O. The van der Waals surface area contributed by atoms with Crippen LogP contribution in [0.1, 0.15) is 27.8 Å². The smallest absolute Gasteiger partial charge is 0.295 e. The van der Waals surface area contributed by atoms with Gasteiger partial charge in [0.15, 0.2) is 5.75 Å². The van der Waals surface area contributed by atoms with E-state index in [1.165, 1.54) is 13.2 Å². The van der Waals surface area contributed by atoms with Crippen molar-refractivity contribution < 1.29 is 27.9 Å². The first-order valence-corrected chi connectivity index (χ1v) is 22.0. The zero-order valence-electron chi connectivity index (χ0n) is 36.5. The Hall–Kier alpha value is -8.05. The van der Waals surface area contributed by atoms with E-state index in [0.29, 0.717) is 67.3 Å². The zero-order chi connectivity index (χ0) is 46.5. The van der Waals surface area contributed by atoms with Crippen molar-refractivity contribution in [1.82, 2.24) is 0 Å². The fraction of sp³-hybridized carbons (Fsp3) is 0.120. The van der Waals surface area contributed by atoms with Gasteiger partial charge in [0, 0.05) is 33.8 Å². The molecule has 0 atom stereocenters. The summed E-state index contributed by atoms with van der Waals surface area (Å²) >= 11 is 0. The third-order valence-corrected chi connectivity index (χ3v) is 11.7. The summed E-state index contributed by atoms with van der Waals surface area (Å²) in [7, 11) is -2.93. The van der Waals surface area contributed by atoms with Crippen LogP contribution in [0.3, 0.4) is 0 Å². The van der Waals surface area contributed by atoms with Crippen molar-refractivity contribution in [1.29, 1.82) is 0 Å². The first-order chi connectivity index (χ1) is 31.8. The Kier molecular flexibility index (Phi) is 12.8. The molecule has 330 valence electrons. The lowest BCUT2D eigenvalue weighted by atomic mass is 10.1. The van der Waals surface area contributed by atoms with Crippen LogP contribution in [-0.2, 0) is 16.7 Å². The van der Waals surface area contributed by atoms with E-state index in [2.05, 4.69) is 46.2 Å². The number of methoxy groups -OCH3 is 1. The Morgan fingerprint density at radius 1 is 0.515 bits per heavy atom. The minimum absolute atomic E-state index is 0.0189. The second-order valence-electron chi connectivity index (χ2n) is 15.5. The summed E-state index contributed by atoms with van der Waals surface area (Å²) in [6.07, 6.45) is 0. The quantitative estimate of drug-likeness (QED) is 0.0648. The molecule has 0 fully saturated rings. The summed E-state index contributed by atoms with van der Waals surface area (Å²) in [5.41, 5.74) is 9.35. The van der Waals surface area contributed by atoms with Crippen LogP contribution in [0.5, 0.6) is 11.5 Å². The van der Waals surface area contributed by atoms with E-state index in [4.69, 9.17) is 4.74 Å². The molecule has 0 spiro atoms. The monoisotopic (exact) mass is 897 g/mol. The number of nitrogens with one attached hydrogen (secondary N) is 1. The van der Waals surface area contributed by atoms with Gasteiger partial charge in [0.2, 0.25) is 0 Å². The summed E-state index contributed by atoms with van der Waals surface area (Å²) in [6.45, 7) is 7.21. The molecular weight excluding hydrogens is 855 g/mol. The zero-order valence-corrected chi connectivity index (χ0v) is 37.3. The van der Waals surface area contributed by atoms with Gasteiger partial charge in [-0.3, -0.25) is 4.55 Å². The minimum Gasteiger partial charge on any atom is -0.505 e. The van der Waals surface area contributed by atoms with E-state index in [1.54, 1.807) is 48.5 Å². The van der Waals surface area contributed by atoms with E-state index in [-0.39, 0.29) is 22.9 Å². The molecule has 0 unspecified atom stereocenters. The number of aromatic hydroxyl groups is 1. The van der Waals surface area contributed by atoms with Gasteiger partial charge in [-0.1, -0.05) is 42.5 Å². The van der Waals surface area contributed by atoms with Crippen molar-refractivity contribution in [2.45, 2.75) is 39.2 Å². The average molecular weight is 898 g/mol. The highest BCUT2D eigenvalue weighted by molar-refractivity contribution is 7.86. The van der Waals surface area contributed by atoms with Crippen LogP contribution in [0.2, 0.25) is 0 Å². The number of phenolic OH excluding ortho intramolecular Hbond substituents is 1. The molecule has 0 radical (unpaired) electrons. The highest BCUT2D eigenvalue weighted by atomic mass is 32.2. The molecule has 8 rings (SSSR count). The number of hydrogen-bond donors (Lipinski definition) is 4. The normalized spacial score (nSPS) is 12.2. The Bertz CT molecular complexity index is 3410. The van der Waals surface area contributed by atoms with Gasteiger partial charge in [-0.25, -0.2) is 0 Å². The molecule has 0 aromatic heterocycles. The van der Waals surface area contributed by atoms with Gasteiger partial charge in [-0.15, -0.1) is 10.2 Å². The number of benzene rings is 8. The Balaban J connectivity index is 0.968. The standard InChI is InChI=1S/C50H43N9O6S/c1-29-21-43(30(2)20-42(29)54-52-38-16-14-33-10-9-13-49(40(33)26-38)66(62,63)64)55-56-44-22-32(4)45(23-31(44)3)57-58-46-27-48(65-5)47(25-35(46)28-60)59-53-41-19-15-34-24-37(17-18-39(34)50(41)61)51-36-11-7-6-8-12-36/h6-27,51,60-61H,28H2,1-5H3,(H,62,63,64). The van der Waals surface area contributed by atoms with Gasteiger partial charge in [0.1, 0.15) is 22.0 Å². The van der Waals surface area contributed by atoms with E-state index in [0.717, 1.165) is 39.0 Å². The van der Waals surface area contributed by atoms with Crippen molar-refractivity contribution in [2.75, 3.05) is 12.4 Å². The lowest BCUT2D eigenvalue weighted by Gasteiger charge is -2.10. The topological polar surface area (TPSA) is 215 Å². The maximum atomic E-state index is 11.9. The number of anilines is 2. The first-order valence-electron chi connectivity index (χ1n) is 20.6. The molecule has 8 aromatic carbocycles. The van der Waals surface area contributed by atoms with Crippen LogP contribution < -0.4 is 10.1 Å². The predicted molar refractivity (Wildman–Crippen MR) is 257 cm³/mol. The maximum absolute atomic E-state index is 11.9. The molecule has 66 heavy (non-hydrogen) atoms. The summed E-state index contributed by atoms with van der Waals surface area (Å²) in [5, 5.41) is 62.8. The largest absolute Gasteiger partial charge is 0.505 e. The highest BCUT2D eigenvalue weighted by Crippen LogP contribution is 2.41. The van der Waals surface area contributed by atoms with Crippen molar-refractivity contribution >= 4 is 88.5 Å². The molecule has 0 bridgehead atoms. The number of hydrogen-bond acceptors (Lipinski definition) is 14. The number of phenols is 1. The molecular formula is C50H43N9O6S. The molecule has 0 saturated heterocycles. The van der Waals surface area contributed by atoms with Gasteiger partial charge in [0.05, 0.1) is 47.8 Å². The third-order valence-electron chi connectivity index (χ3n) is 10.8. The van der Waals surface area contributed by atoms with Crippen molar-refractivity contribution in [3.05, 3.63) is 161 Å². The molecule has 0 aliphatic rings. The van der Waals surface area contributed by atoms with Gasteiger partial charge < -0.3 is 20.3 Å². The van der Waals surface area contributed by atoms with Crippen LogP contribution in [0.25, 0.3) is 21.5 Å². The van der Waals surface area contributed by atoms with E-state index < -0.39 is 10.1 Å². The minimum atomic E-state index is -4.42. The van der Waals surface area contributed by atoms with Gasteiger partial charge in [0.25, 0.3) is 10.1 Å². The first kappa shape index (κ1) is 44.6. The molecule has 0 aliphatic carbocycles. The highest BCUT2D eigenvalue weighted by Gasteiger charge is 2.16. The number of para-hydroxylation sites is 1. The molecule has 0 saturated carbocycles. The predicted octanol–water partition coefficient (Wildman–Crippen LogP) is 15.1. The summed E-state index contributed by atoms with van der Waals surface area (Å²) in [6, 6.07) is 39.4. The van der Waals surface area contributed by atoms with E-state index in [9.17, 15) is 23.2 Å². The van der Waals surface area contributed by atoms with Crippen molar-refractivity contribution in [2.24, 2.45) is 40.9 Å². The van der Waals surface area contributed by atoms with Crippen LogP contribution in [0.15, 0.2) is 179 Å². The van der Waals surface area contributed by atoms with Crippen LogP contribution in [0.4, 0.5) is 56.9 Å². The molecule has 15 nitrogen and oxygen atoms in total. The van der Waals surface area contributed by atoms with Crippen molar-refractivity contribution in [3.8, 4) is 11.5 Å². The molecule has 0 heterocycles. The Morgan fingerprint density at radius 3 is 1.70 bits per heavy atom. The number of azo groups is 4. The molecule has 0 aliphatic heterocycles. The number of aliphatic hydroxyl groups is 1. The summed E-state index contributed by atoms with van der Waals surface area (Å²) in [4.78, 5) is -0.197. The van der Waals surface area contributed by atoms with E-state index in [1.807, 2.05) is 107 Å². The van der Waals surface area contributed by atoms with Gasteiger partial charge in [-0.2, -0.15) is 39.1 Å². The van der Waals surface area contributed by atoms with Crippen molar-refractivity contribution in [3.63, 3.8) is 0 Å². The third kappa shape index (κ3) is 9.85. The summed E-state index contributed by atoms with van der Waals surface area (Å²) < 4.78 is 39.2. The molecule has 0 amide bonds. The van der Waals surface area contributed by atoms with E-state index >= 15 is 0 Å². The molecule has 16 heteroatoms. The number of nitrogens with zero attached hydrogens (tertiary/aromatic N) is 8. The fourth-order valence-electron chi connectivity index (χ4n) is 7.17. The summed E-state index contributed by atoms with van der Waals surface area (Å²) in [5.74, 6) is 0.323. The fourth-order valence-corrected chi connectivity index (χ4v) is 7.87. The van der Waals surface area contributed by atoms with Gasteiger partial charge >= 0.3 is 0 Å². The Morgan fingerprint density at radius 2 is 1.09 bits per heavy atom. The second-order valence-corrected chi connectivity index (χ2v) is 16.8. The number of fused-ring (bicyclic) bond motifs is 2. The lowest BCUT2D eigenvalue weighted by molar-refractivity contribution is 0.282. The molecule has 8 aromatic rings. The van der Waals surface area contributed by atoms with Crippen LogP contribution in [0, 0.1) is 27.7 Å². The van der Waals surface area contributed by atoms with Gasteiger partial charge in [-0.05, 0) is 146 Å². The number of aliphatic hydroxyl groups excluding tert-OH is 1. The molecule has 4 N–H and O–H groups in total. The number of aryl methyl sites for hydroxylation is 4. The van der Waals surface area contributed by atoms with Crippen LogP contribution >= 0.6 is 0 Å². The number of ether oxygens (including phenoxy) is 1. The average Bonchev–Trinajstić information content (AvgIpc) is 3.31.